The first kappa shape index (κ1) is 11.4. The molecule has 6 heteroatoms. The SMILES string of the molecule is CCC1CCN(c2nc(N)nc(Cl)n2)CC1. The molecule has 0 spiro atoms. The Kier molecular flexibility index (Phi) is 3.43. The standard InChI is InChI=1S/C10H16ClN5/c1-2-7-3-5-16(6-4-7)10-14-8(11)13-9(12)15-10/h7H,2-6H2,1H3,(H2,12,13,14,15). The molecule has 5 nitrogen and oxygen atoms in total. The van der Waals surface area contributed by atoms with Gasteiger partial charge in [0.15, 0.2) is 0 Å². The second-order valence-electron chi connectivity index (χ2n) is 4.10. The summed E-state index contributed by atoms with van der Waals surface area (Å²) in [6, 6.07) is 0. The van der Waals surface area contributed by atoms with E-state index in [4.69, 9.17) is 17.3 Å². The molecule has 1 saturated heterocycles. The van der Waals surface area contributed by atoms with Crippen molar-refractivity contribution in [3.8, 4) is 0 Å². The van der Waals surface area contributed by atoms with E-state index in [0.717, 1.165) is 19.0 Å². The van der Waals surface area contributed by atoms with Gasteiger partial charge >= 0.3 is 0 Å². The molecule has 0 amide bonds. The lowest BCUT2D eigenvalue weighted by Gasteiger charge is -2.31. The van der Waals surface area contributed by atoms with Gasteiger partial charge in [0.25, 0.3) is 0 Å². The van der Waals surface area contributed by atoms with Crippen molar-refractivity contribution in [2.75, 3.05) is 23.7 Å². The van der Waals surface area contributed by atoms with Gasteiger partial charge in [-0.15, -0.1) is 0 Å². The van der Waals surface area contributed by atoms with Crippen LogP contribution in [0.3, 0.4) is 0 Å². The Balaban J connectivity index is 2.08. The number of anilines is 2. The van der Waals surface area contributed by atoms with Gasteiger partial charge < -0.3 is 10.6 Å². The molecule has 0 atom stereocenters. The van der Waals surface area contributed by atoms with E-state index in [2.05, 4.69) is 26.8 Å². The lowest BCUT2D eigenvalue weighted by atomic mass is 9.95. The fourth-order valence-electron chi connectivity index (χ4n) is 2.04. The van der Waals surface area contributed by atoms with Gasteiger partial charge in [-0.3, -0.25) is 0 Å². The second-order valence-corrected chi connectivity index (χ2v) is 4.44. The van der Waals surface area contributed by atoms with Crippen molar-refractivity contribution in [3.05, 3.63) is 5.28 Å². The van der Waals surface area contributed by atoms with Crippen molar-refractivity contribution in [1.82, 2.24) is 15.0 Å². The highest BCUT2D eigenvalue weighted by Gasteiger charge is 2.20. The molecule has 0 saturated carbocycles. The van der Waals surface area contributed by atoms with E-state index in [0.29, 0.717) is 5.95 Å². The molecule has 2 heterocycles. The molecule has 1 aromatic heterocycles. The number of hydrogen-bond donors (Lipinski definition) is 1. The van der Waals surface area contributed by atoms with Crippen LogP contribution in [0.1, 0.15) is 26.2 Å². The Morgan fingerprint density at radius 1 is 1.31 bits per heavy atom. The lowest BCUT2D eigenvalue weighted by Crippen LogP contribution is -2.34. The topological polar surface area (TPSA) is 67.9 Å². The number of nitrogens with zero attached hydrogens (tertiary/aromatic N) is 4. The van der Waals surface area contributed by atoms with Crippen LogP contribution in [0.4, 0.5) is 11.9 Å². The Morgan fingerprint density at radius 3 is 2.56 bits per heavy atom. The van der Waals surface area contributed by atoms with E-state index in [1.807, 2.05) is 0 Å². The average Bonchev–Trinajstić information content (AvgIpc) is 2.28. The maximum Gasteiger partial charge on any atom is 0.231 e. The molecule has 2 N–H and O–H groups in total. The van der Waals surface area contributed by atoms with E-state index in [1.165, 1.54) is 19.3 Å². The van der Waals surface area contributed by atoms with Crippen LogP contribution >= 0.6 is 11.6 Å². The van der Waals surface area contributed by atoms with Gasteiger partial charge in [0, 0.05) is 13.1 Å². The molecule has 0 unspecified atom stereocenters. The molecule has 0 bridgehead atoms. The summed E-state index contributed by atoms with van der Waals surface area (Å²) in [6.45, 7) is 4.18. The molecular formula is C10H16ClN5. The zero-order valence-corrected chi connectivity index (χ0v) is 10.1. The Labute approximate surface area is 100 Å². The quantitative estimate of drug-likeness (QED) is 0.854. The summed E-state index contributed by atoms with van der Waals surface area (Å²) >= 11 is 5.76. The van der Waals surface area contributed by atoms with Gasteiger partial charge in [0.05, 0.1) is 0 Å². The van der Waals surface area contributed by atoms with E-state index in [-0.39, 0.29) is 11.2 Å². The summed E-state index contributed by atoms with van der Waals surface area (Å²) in [4.78, 5) is 14.1. The van der Waals surface area contributed by atoms with Crippen LogP contribution in [-0.4, -0.2) is 28.0 Å². The third-order valence-corrected chi connectivity index (χ3v) is 3.26. The summed E-state index contributed by atoms with van der Waals surface area (Å²) < 4.78 is 0. The van der Waals surface area contributed by atoms with Crippen LogP contribution in [0.2, 0.25) is 5.28 Å². The van der Waals surface area contributed by atoms with Crippen LogP contribution < -0.4 is 10.6 Å². The number of nitrogens with two attached hydrogens (primary N) is 1. The molecule has 0 aliphatic carbocycles. The van der Waals surface area contributed by atoms with Gasteiger partial charge in [-0.2, -0.15) is 15.0 Å². The largest absolute Gasteiger partial charge is 0.368 e. The number of aromatic nitrogens is 3. The molecule has 2 rings (SSSR count). The summed E-state index contributed by atoms with van der Waals surface area (Å²) in [6.07, 6.45) is 3.60. The van der Waals surface area contributed by atoms with Crippen LogP contribution in [0.15, 0.2) is 0 Å². The maximum atomic E-state index is 5.76. The minimum absolute atomic E-state index is 0.167. The minimum Gasteiger partial charge on any atom is -0.368 e. The molecule has 1 fully saturated rings. The average molecular weight is 242 g/mol. The zero-order chi connectivity index (χ0) is 11.5. The number of nitrogen functional groups attached to an aromatic ring is 1. The van der Waals surface area contributed by atoms with E-state index < -0.39 is 0 Å². The zero-order valence-electron chi connectivity index (χ0n) is 9.36. The summed E-state index contributed by atoms with van der Waals surface area (Å²) in [5, 5.41) is 0.167. The predicted molar refractivity (Wildman–Crippen MR) is 64.5 cm³/mol. The van der Waals surface area contributed by atoms with Crippen LogP contribution in [0.5, 0.6) is 0 Å². The highest BCUT2D eigenvalue weighted by Crippen LogP contribution is 2.23. The normalized spacial score (nSPS) is 17.8. The van der Waals surface area contributed by atoms with Crippen molar-refractivity contribution >= 4 is 23.5 Å². The predicted octanol–water partition coefficient (Wildman–Crippen LogP) is 1.73. The second kappa shape index (κ2) is 4.82. The van der Waals surface area contributed by atoms with Gasteiger partial charge in [-0.25, -0.2) is 0 Å². The van der Waals surface area contributed by atoms with Crippen molar-refractivity contribution in [2.24, 2.45) is 5.92 Å². The van der Waals surface area contributed by atoms with E-state index in [9.17, 15) is 0 Å². The number of halogens is 1. The van der Waals surface area contributed by atoms with Crippen molar-refractivity contribution in [3.63, 3.8) is 0 Å². The molecule has 16 heavy (non-hydrogen) atoms. The summed E-state index contributed by atoms with van der Waals surface area (Å²) in [5.74, 6) is 1.62. The van der Waals surface area contributed by atoms with Crippen LogP contribution in [-0.2, 0) is 0 Å². The first-order valence-electron chi connectivity index (χ1n) is 5.61. The first-order valence-corrected chi connectivity index (χ1v) is 5.99. The summed E-state index contributed by atoms with van der Waals surface area (Å²) in [7, 11) is 0. The van der Waals surface area contributed by atoms with Gasteiger partial charge in [-0.1, -0.05) is 13.3 Å². The van der Waals surface area contributed by atoms with Gasteiger partial charge in [-0.05, 0) is 30.4 Å². The Bertz CT molecular complexity index is 342. The molecule has 1 aliphatic rings. The molecular weight excluding hydrogens is 226 g/mol. The van der Waals surface area contributed by atoms with Crippen LogP contribution in [0.25, 0.3) is 0 Å². The van der Waals surface area contributed by atoms with Gasteiger partial charge in [0.2, 0.25) is 17.2 Å². The molecule has 0 aromatic carbocycles. The molecule has 88 valence electrons. The van der Waals surface area contributed by atoms with E-state index in [1.54, 1.807) is 0 Å². The van der Waals surface area contributed by atoms with E-state index >= 15 is 0 Å². The first-order chi connectivity index (χ1) is 7.69. The number of rotatable bonds is 2. The van der Waals surface area contributed by atoms with Crippen molar-refractivity contribution in [1.29, 1.82) is 0 Å². The number of hydrogen-bond acceptors (Lipinski definition) is 5. The molecule has 0 radical (unpaired) electrons. The molecule has 1 aromatic rings. The Morgan fingerprint density at radius 2 is 2.00 bits per heavy atom. The lowest BCUT2D eigenvalue weighted by molar-refractivity contribution is 0.392. The fraction of sp³-hybridized carbons (Fsp3) is 0.700. The number of piperidine rings is 1. The van der Waals surface area contributed by atoms with Gasteiger partial charge in [0.1, 0.15) is 0 Å². The smallest absolute Gasteiger partial charge is 0.231 e. The maximum absolute atomic E-state index is 5.76. The highest BCUT2D eigenvalue weighted by molar-refractivity contribution is 6.28. The van der Waals surface area contributed by atoms with Crippen molar-refractivity contribution in [2.45, 2.75) is 26.2 Å². The third-order valence-electron chi connectivity index (χ3n) is 3.09. The fourth-order valence-corrected chi connectivity index (χ4v) is 2.20. The minimum atomic E-state index is 0.167. The van der Waals surface area contributed by atoms with Crippen LogP contribution in [0, 0.1) is 5.92 Å². The summed E-state index contributed by atoms with van der Waals surface area (Å²) in [5.41, 5.74) is 5.55. The molecule has 1 aliphatic heterocycles. The van der Waals surface area contributed by atoms with Crippen molar-refractivity contribution < 1.29 is 0 Å². The third kappa shape index (κ3) is 2.52. The highest BCUT2D eigenvalue weighted by atomic mass is 35.5. The Hall–Kier alpha value is -1.10. The monoisotopic (exact) mass is 241 g/mol.